The van der Waals surface area contributed by atoms with Crippen LogP contribution in [0.4, 0.5) is 5.69 Å². The summed E-state index contributed by atoms with van der Waals surface area (Å²) in [6.07, 6.45) is 3.90. The van der Waals surface area contributed by atoms with E-state index in [-0.39, 0.29) is 12.5 Å². The largest absolute Gasteiger partial charge is 0.481 e. The van der Waals surface area contributed by atoms with E-state index in [2.05, 4.69) is 15.4 Å². The molecule has 1 fully saturated rings. The summed E-state index contributed by atoms with van der Waals surface area (Å²) in [5.41, 5.74) is 4.83. The van der Waals surface area contributed by atoms with Crippen molar-refractivity contribution in [3.63, 3.8) is 0 Å². The Labute approximate surface area is 170 Å². The van der Waals surface area contributed by atoms with E-state index in [1.165, 1.54) is 19.1 Å². The fourth-order valence-corrected chi connectivity index (χ4v) is 3.08. The van der Waals surface area contributed by atoms with Gasteiger partial charge in [0.1, 0.15) is 5.75 Å². The van der Waals surface area contributed by atoms with Gasteiger partial charge in [-0.05, 0) is 56.2 Å². The van der Waals surface area contributed by atoms with E-state index < -0.39 is 5.97 Å². The molecule has 1 N–H and O–H groups in total. The predicted molar refractivity (Wildman–Crippen MR) is 112 cm³/mol. The number of nitrogens with zero attached hydrogens (tertiary/aromatic N) is 2. The predicted octanol–water partition coefficient (Wildman–Crippen LogP) is 2.99. The summed E-state index contributed by atoms with van der Waals surface area (Å²) >= 11 is 0. The second kappa shape index (κ2) is 10.3. The minimum atomic E-state index is -0.440. The lowest BCUT2D eigenvalue weighted by atomic mass is 10.2. The minimum absolute atomic E-state index is 0.186. The number of benzene rings is 2. The molecule has 2 aromatic carbocycles. The van der Waals surface area contributed by atoms with Gasteiger partial charge in [-0.3, -0.25) is 4.79 Å². The quantitative estimate of drug-likeness (QED) is 0.422. The molecule has 0 aliphatic carbocycles. The highest BCUT2D eigenvalue weighted by Gasteiger charge is 2.13. The van der Waals surface area contributed by atoms with E-state index in [4.69, 9.17) is 9.47 Å². The van der Waals surface area contributed by atoms with Crippen molar-refractivity contribution >= 4 is 23.8 Å². The van der Waals surface area contributed by atoms with Crippen LogP contribution in [0.15, 0.2) is 53.6 Å². The Kier molecular flexibility index (Phi) is 7.22. The van der Waals surface area contributed by atoms with Crippen molar-refractivity contribution in [3.8, 4) is 5.75 Å². The number of carbonyl (C=O) groups excluding carboxylic acids is 2. The summed E-state index contributed by atoms with van der Waals surface area (Å²) in [7, 11) is 0. The molecule has 7 nitrogen and oxygen atoms in total. The first kappa shape index (κ1) is 20.4. The summed E-state index contributed by atoms with van der Waals surface area (Å²) in [5.74, 6) is -0.252. The Morgan fingerprint density at radius 3 is 2.55 bits per heavy atom. The molecular formula is C22H25N3O4. The zero-order chi connectivity index (χ0) is 20.5. The first-order chi connectivity index (χ1) is 14.2. The number of esters is 1. The molecule has 0 saturated carbocycles. The number of para-hydroxylation sites is 1. The van der Waals surface area contributed by atoms with E-state index >= 15 is 0 Å². The average Bonchev–Trinajstić information content (AvgIpc) is 3.28. The zero-order valence-electron chi connectivity index (χ0n) is 16.5. The van der Waals surface area contributed by atoms with E-state index in [1.807, 2.05) is 18.2 Å². The van der Waals surface area contributed by atoms with Gasteiger partial charge in [-0.15, -0.1) is 0 Å². The number of hydrogen-bond donors (Lipinski definition) is 1. The van der Waals surface area contributed by atoms with Crippen molar-refractivity contribution in [1.82, 2.24) is 5.43 Å². The second-order valence-electron chi connectivity index (χ2n) is 6.57. The molecule has 1 heterocycles. The SMILES string of the molecule is CCOC(=O)COc1ccccc1/C=N\NC(=O)c1ccc(N2CCCC2)cc1. The Morgan fingerprint density at radius 1 is 1.10 bits per heavy atom. The monoisotopic (exact) mass is 395 g/mol. The number of nitrogens with one attached hydrogen (secondary N) is 1. The molecule has 0 bridgehead atoms. The fraction of sp³-hybridized carbons (Fsp3) is 0.318. The second-order valence-corrected chi connectivity index (χ2v) is 6.57. The molecule has 0 aromatic heterocycles. The van der Waals surface area contributed by atoms with Gasteiger partial charge < -0.3 is 14.4 Å². The van der Waals surface area contributed by atoms with Crippen LogP contribution in [0.25, 0.3) is 0 Å². The lowest BCUT2D eigenvalue weighted by Gasteiger charge is -2.17. The van der Waals surface area contributed by atoms with Gasteiger partial charge in [-0.1, -0.05) is 12.1 Å². The molecule has 29 heavy (non-hydrogen) atoms. The number of ether oxygens (including phenoxy) is 2. The molecule has 2 aromatic rings. The number of rotatable bonds is 8. The van der Waals surface area contributed by atoms with Crippen LogP contribution >= 0.6 is 0 Å². The highest BCUT2D eigenvalue weighted by atomic mass is 16.6. The van der Waals surface area contributed by atoms with E-state index in [1.54, 1.807) is 37.3 Å². The van der Waals surface area contributed by atoms with Crippen molar-refractivity contribution in [3.05, 3.63) is 59.7 Å². The van der Waals surface area contributed by atoms with Gasteiger partial charge >= 0.3 is 5.97 Å². The van der Waals surface area contributed by atoms with Gasteiger partial charge in [0.15, 0.2) is 6.61 Å². The number of anilines is 1. The highest BCUT2D eigenvalue weighted by Crippen LogP contribution is 2.20. The van der Waals surface area contributed by atoms with Gasteiger partial charge in [0.2, 0.25) is 0 Å². The van der Waals surface area contributed by atoms with Crippen molar-refractivity contribution in [2.45, 2.75) is 19.8 Å². The number of amides is 1. The minimum Gasteiger partial charge on any atom is -0.481 e. The van der Waals surface area contributed by atoms with Gasteiger partial charge in [-0.2, -0.15) is 5.10 Å². The van der Waals surface area contributed by atoms with Crippen LogP contribution in [0.3, 0.4) is 0 Å². The van der Waals surface area contributed by atoms with E-state index in [9.17, 15) is 9.59 Å². The van der Waals surface area contributed by atoms with E-state index in [0.717, 1.165) is 18.8 Å². The molecule has 0 atom stereocenters. The summed E-state index contributed by atoms with van der Waals surface area (Å²) in [5, 5.41) is 4.01. The van der Waals surface area contributed by atoms with Crippen LogP contribution in [0.5, 0.6) is 5.75 Å². The number of hydrazone groups is 1. The summed E-state index contributed by atoms with van der Waals surface area (Å²) < 4.78 is 10.3. The van der Waals surface area contributed by atoms with Gasteiger partial charge in [0, 0.05) is 29.9 Å². The Morgan fingerprint density at radius 2 is 1.83 bits per heavy atom. The van der Waals surface area contributed by atoms with E-state index in [0.29, 0.717) is 23.5 Å². The molecule has 3 rings (SSSR count). The van der Waals surface area contributed by atoms with Crippen LogP contribution in [0.1, 0.15) is 35.7 Å². The maximum Gasteiger partial charge on any atom is 0.344 e. The van der Waals surface area contributed by atoms with Crippen molar-refractivity contribution in [2.75, 3.05) is 31.2 Å². The number of carbonyl (C=O) groups is 2. The van der Waals surface area contributed by atoms with Crippen molar-refractivity contribution < 1.29 is 19.1 Å². The van der Waals surface area contributed by atoms with Crippen LogP contribution in [-0.2, 0) is 9.53 Å². The van der Waals surface area contributed by atoms with Crippen molar-refractivity contribution in [2.24, 2.45) is 5.10 Å². The van der Waals surface area contributed by atoms with Gasteiger partial charge in [-0.25, -0.2) is 10.2 Å². The van der Waals surface area contributed by atoms with Gasteiger partial charge in [0.05, 0.1) is 12.8 Å². The molecule has 1 aliphatic rings. The van der Waals surface area contributed by atoms with Gasteiger partial charge in [0.25, 0.3) is 5.91 Å². The summed E-state index contributed by atoms with van der Waals surface area (Å²) in [6.45, 7) is 3.98. The van der Waals surface area contributed by atoms with Crippen LogP contribution in [0.2, 0.25) is 0 Å². The normalized spacial score (nSPS) is 13.5. The third-order valence-corrected chi connectivity index (χ3v) is 4.54. The standard InChI is InChI=1S/C22H25N3O4/c1-2-28-21(26)16-29-20-8-4-3-7-18(20)15-23-24-22(27)17-9-11-19(12-10-17)25-13-5-6-14-25/h3-4,7-12,15H,2,5-6,13-14,16H2,1H3,(H,24,27)/b23-15-. The molecule has 152 valence electrons. The molecule has 0 unspecified atom stereocenters. The Balaban J connectivity index is 1.56. The smallest absolute Gasteiger partial charge is 0.344 e. The first-order valence-electron chi connectivity index (χ1n) is 9.73. The third-order valence-electron chi connectivity index (χ3n) is 4.54. The van der Waals surface area contributed by atoms with Crippen molar-refractivity contribution in [1.29, 1.82) is 0 Å². The molecular weight excluding hydrogens is 370 g/mol. The first-order valence-corrected chi connectivity index (χ1v) is 9.73. The fourth-order valence-electron chi connectivity index (χ4n) is 3.08. The maximum atomic E-state index is 12.3. The molecule has 1 aliphatic heterocycles. The zero-order valence-corrected chi connectivity index (χ0v) is 16.5. The van der Waals surface area contributed by atoms with Crippen LogP contribution in [0, 0.1) is 0 Å². The lowest BCUT2D eigenvalue weighted by molar-refractivity contribution is -0.145. The van der Waals surface area contributed by atoms with Crippen LogP contribution < -0.4 is 15.1 Å². The molecule has 7 heteroatoms. The average molecular weight is 395 g/mol. The molecule has 1 saturated heterocycles. The third kappa shape index (κ3) is 5.81. The number of hydrogen-bond acceptors (Lipinski definition) is 6. The molecule has 1 amide bonds. The Bertz CT molecular complexity index is 859. The molecule has 0 radical (unpaired) electrons. The highest BCUT2D eigenvalue weighted by molar-refractivity contribution is 5.95. The Hall–Kier alpha value is -3.35. The summed E-state index contributed by atoms with van der Waals surface area (Å²) in [4.78, 5) is 26.1. The summed E-state index contributed by atoms with van der Waals surface area (Å²) in [6, 6.07) is 14.6. The maximum absolute atomic E-state index is 12.3. The lowest BCUT2D eigenvalue weighted by Crippen LogP contribution is -2.19. The van der Waals surface area contributed by atoms with Crippen LogP contribution in [-0.4, -0.2) is 44.4 Å². The topological polar surface area (TPSA) is 80.2 Å². The molecule has 0 spiro atoms.